The van der Waals surface area contributed by atoms with Crippen LogP contribution in [0.3, 0.4) is 0 Å². The molecule has 1 heterocycles. The summed E-state index contributed by atoms with van der Waals surface area (Å²) in [5, 5.41) is 15.3. The zero-order chi connectivity index (χ0) is 15.1. The van der Waals surface area contributed by atoms with Gasteiger partial charge in [0, 0.05) is 19.1 Å². The van der Waals surface area contributed by atoms with Crippen molar-refractivity contribution in [3.05, 3.63) is 29.8 Å². The molecule has 1 aliphatic heterocycles. The average Bonchev–Trinajstić information content (AvgIpc) is 2.47. The highest BCUT2D eigenvalue weighted by Gasteiger charge is 2.19. The van der Waals surface area contributed by atoms with E-state index in [2.05, 4.69) is 22.5 Å². The molecule has 0 aliphatic carbocycles. The molecule has 3 N–H and O–H groups in total. The van der Waals surface area contributed by atoms with Crippen molar-refractivity contribution < 1.29 is 9.90 Å². The number of rotatable bonds is 5. The summed E-state index contributed by atoms with van der Waals surface area (Å²) < 4.78 is 0. The number of amides is 2. The van der Waals surface area contributed by atoms with Gasteiger partial charge >= 0.3 is 6.03 Å². The monoisotopic (exact) mass is 291 g/mol. The van der Waals surface area contributed by atoms with E-state index in [0.717, 1.165) is 38.0 Å². The first kappa shape index (κ1) is 15.6. The molecular weight excluding hydrogens is 266 g/mol. The maximum Gasteiger partial charge on any atom is 0.315 e. The van der Waals surface area contributed by atoms with Gasteiger partial charge in [0.15, 0.2) is 0 Å². The van der Waals surface area contributed by atoms with Gasteiger partial charge in [0.2, 0.25) is 0 Å². The number of benzene rings is 1. The third kappa shape index (κ3) is 5.27. The van der Waals surface area contributed by atoms with Crippen LogP contribution in [0.4, 0.5) is 4.79 Å². The quantitative estimate of drug-likeness (QED) is 0.774. The molecule has 116 valence electrons. The fourth-order valence-electron chi connectivity index (χ4n) is 2.73. The zero-order valence-corrected chi connectivity index (χ0v) is 12.6. The number of hydrogen-bond acceptors (Lipinski definition) is 3. The van der Waals surface area contributed by atoms with Gasteiger partial charge in [-0.3, -0.25) is 0 Å². The Morgan fingerprint density at radius 2 is 2.33 bits per heavy atom. The molecule has 1 aromatic rings. The molecular formula is C16H25N3O2. The SMILES string of the molecule is CCN1CCC[C@H](NC(=O)NCCc2cccc(O)c2)C1. The Morgan fingerprint density at radius 1 is 1.48 bits per heavy atom. The van der Waals surface area contributed by atoms with Crippen molar-refractivity contribution in [1.29, 1.82) is 0 Å². The molecule has 1 atom stereocenters. The van der Waals surface area contributed by atoms with E-state index in [-0.39, 0.29) is 17.8 Å². The second kappa shape index (κ2) is 7.88. The Balaban J connectivity index is 1.67. The highest BCUT2D eigenvalue weighted by molar-refractivity contribution is 5.74. The van der Waals surface area contributed by atoms with Crippen molar-refractivity contribution in [3.63, 3.8) is 0 Å². The van der Waals surface area contributed by atoms with Gasteiger partial charge in [0.25, 0.3) is 0 Å². The summed E-state index contributed by atoms with van der Waals surface area (Å²) in [6.07, 6.45) is 2.91. The van der Waals surface area contributed by atoms with E-state index in [1.807, 2.05) is 12.1 Å². The number of phenols is 1. The molecule has 21 heavy (non-hydrogen) atoms. The highest BCUT2D eigenvalue weighted by atomic mass is 16.3. The lowest BCUT2D eigenvalue weighted by Crippen LogP contribution is -2.50. The van der Waals surface area contributed by atoms with Gasteiger partial charge in [-0.05, 0) is 50.0 Å². The lowest BCUT2D eigenvalue weighted by Gasteiger charge is -2.32. The van der Waals surface area contributed by atoms with Gasteiger partial charge in [-0.15, -0.1) is 0 Å². The van der Waals surface area contributed by atoms with Crippen molar-refractivity contribution in [2.45, 2.75) is 32.2 Å². The Labute approximate surface area is 126 Å². The highest BCUT2D eigenvalue weighted by Crippen LogP contribution is 2.11. The molecule has 0 saturated carbocycles. The molecule has 0 spiro atoms. The lowest BCUT2D eigenvalue weighted by atomic mass is 10.1. The van der Waals surface area contributed by atoms with Crippen LogP contribution in [0.5, 0.6) is 5.75 Å². The third-order valence-electron chi connectivity index (χ3n) is 3.90. The lowest BCUT2D eigenvalue weighted by molar-refractivity contribution is 0.192. The summed E-state index contributed by atoms with van der Waals surface area (Å²) in [6.45, 7) is 5.83. The second-order valence-electron chi connectivity index (χ2n) is 5.55. The van der Waals surface area contributed by atoms with Crippen LogP contribution < -0.4 is 10.6 Å². The van der Waals surface area contributed by atoms with Crippen LogP contribution in [0.25, 0.3) is 0 Å². The number of nitrogens with zero attached hydrogens (tertiary/aromatic N) is 1. The Hall–Kier alpha value is -1.75. The number of likely N-dealkylation sites (tertiary alicyclic amines) is 1. The molecule has 1 saturated heterocycles. The topological polar surface area (TPSA) is 64.6 Å². The van der Waals surface area contributed by atoms with Gasteiger partial charge < -0.3 is 20.6 Å². The van der Waals surface area contributed by atoms with E-state index in [1.165, 1.54) is 0 Å². The third-order valence-corrected chi connectivity index (χ3v) is 3.90. The first-order valence-corrected chi connectivity index (χ1v) is 7.72. The standard InChI is InChI=1S/C16H25N3O2/c1-2-19-10-4-6-14(12-19)18-16(21)17-9-8-13-5-3-7-15(20)11-13/h3,5,7,11,14,20H,2,4,6,8-10,12H2,1H3,(H2,17,18,21)/t14-/m0/s1. The summed E-state index contributed by atoms with van der Waals surface area (Å²) in [6, 6.07) is 7.27. The minimum atomic E-state index is -0.0990. The van der Waals surface area contributed by atoms with Crippen molar-refractivity contribution in [2.75, 3.05) is 26.2 Å². The maximum absolute atomic E-state index is 11.9. The van der Waals surface area contributed by atoms with Crippen LogP contribution in [0, 0.1) is 0 Å². The zero-order valence-electron chi connectivity index (χ0n) is 12.6. The van der Waals surface area contributed by atoms with Crippen LogP contribution in [0.2, 0.25) is 0 Å². The number of likely N-dealkylation sites (N-methyl/N-ethyl adjacent to an activating group) is 1. The molecule has 1 aromatic carbocycles. The molecule has 2 amide bonds. The largest absolute Gasteiger partial charge is 0.508 e. The maximum atomic E-state index is 11.9. The Bertz CT molecular complexity index is 465. The van der Waals surface area contributed by atoms with Crippen LogP contribution in [-0.2, 0) is 6.42 Å². The fourth-order valence-corrected chi connectivity index (χ4v) is 2.73. The number of hydrogen-bond donors (Lipinski definition) is 3. The van der Waals surface area contributed by atoms with Crippen molar-refractivity contribution in [1.82, 2.24) is 15.5 Å². The molecule has 2 rings (SSSR count). The molecule has 5 nitrogen and oxygen atoms in total. The average molecular weight is 291 g/mol. The summed E-state index contributed by atoms with van der Waals surface area (Å²) >= 11 is 0. The number of carbonyl (C=O) groups is 1. The van der Waals surface area contributed by atoms with E-state index in [9.17, 15) is 9.90 Å². The minimum Gasteiger partial charge on any atom is -0.508 e. The van der Waals surface area contributed by atoms with Gasteiger partial charge in [0.1, 0.15) is 5.75 Å². The first-order valence-electron chi connectivity index (χ1n) is 7.72. The van der Waals surface area contributed by atoms with Crippen molar-refractivity contribution in [3.8, 4) is 5.75 Å². The molecule has 0 aromatic heterocycles. The van der Waals surface area contributed by atoms with Crippen LogP contribution in [0.15, 0.2) is 24.3 Å². The van der Waals surface area contributed by atoms with Gasteiger partial charge in [-0.25, -0.2) is 4.79 Å². The number of phenolic OH excluding ortho intramolecular Hbond substituents is 1. The number of carbonyl (C=O) groups excluding carboxylic acids is 1. The molecule has 0 bridgehead atoms. The van der Waals surface area contributed by atoms with Crippen molar-refractivity contribution in [2.24, 2.45) is 0 Å². The van der Waals surface area contributed by atoms with E-state index in [1.54, 1.807) is 12.1 Å². The van der Waals surface area contributed by atoms with Crippen LogP contribution in [0.1, 0.15) is 25.3 Å². The van der Waals surface area contributed by atoms with Crippen LogP contribution >= 0.6 is 0 Å². The first-order chi connectivity index (χ1) is 10.2. The smallest absolute Gasteiger partial charge is 0.315 e. The Kier molecular flexibility index (Phi) is 5.87. The van der Waals surface area contributed by atoms with E-state index < -0.39 is 0 Å². The van der Waals surface area contributed by atoms with E-state index in [0.29, 0.717) is 13.0 Å². The number of aromatic hydroxyl groups is 1. The Morgan fingerprint density at radius 3 is 3.10 bits per heavy atom. The molecule has 0 radical (unpaired) electrons. The molecule has 0 unspecified atom stereocenters. The summed E-state index contributed by atoms with van der Waals surface area (Å²) in [5.41, 5.74) is 1.02. The van der Waals surface area contributed by atoms with Crippen molar-refractivity contribution >= 4 is 6.03 Å². The van der Waals surface area contributed by atoms with Gasteiger partial charge in [-0.1, -0.05) is 19.1 Å². The molecule has 5 heteroatoms. The normalized spacial score (nSPS) is 19.2. The fraction of sp³-hybridized carbons (Fsp3) is 0.562. The predicted octanol–water partition coefficient (Wildman–Crippen LogP) is 1.72. The minimum absolute atomic E-state index is 0.0990. The number of piperidine rings is 1. The molecule has 1 fully saturated rings. The number of urea groups is 1. The molecule has 1 aliphatic rings. The van der Waals surface area contributed by atoms with Gasteiger partial charge in [-0.2, -0.15) is 0 Å². The van der Waals surface area contributed by atoms with Crippen LogP contribution in [-0.4, -0.2) is 48.3 Å². The van der Waals surface area contributed by atoms with E-state index in [4.69, 9.17) is 0 Å². The summed E-state index contributed by atoms with van der Waals surface area (Å²) in [4.78, 5) is 14.2. The van der Waals surface area contributed by atoms with Gasteiger partial charge in [0.05, 0.1) is 0 Å². The van der Waals surface area contributed by atoms with E-state index >= 15 is 0 Å². The summed E-state index contributed by atoms with van der Waals surface area (Å²) in [5.74, 6) is 0.263. The number of nitrogens with one attached hydrogen (secondary N) is 2. The second-order valence-corrected chi connectivity index (χ2v) is 5.55. The summed E-state index contributed by atoms with van der Waals surface area (Å²) in [7, 11) is 0. The predicted molar refractivity (Wildman–Crippen MR) is 83.5 cm³/mol.